The van der Waals surface area contributed by atoms with Gasteiger partial charge in [0.25, 0.3) is 5.91 Å². The Labute approximate surface area is 147 Å². The third kappa shape index (κ3) is 5.79. The van der Waals surface area contributed by atoms with Crippen LogP contribution < -0.4 is 5.32 Å². The van der Waals surface area contributed by atoms with Crippen molar-refractivity contribution in [3.8, 4) is 0 Å². The van der Waals surface area contributed by atoms with Crippen LogP contribution in [0.4, 0.5) is 4.39 Å². The molecule has 5 nitrogen and oxygen atoms in total. The average Bonchev–Trinajstić information content (AvgIpc) is 2.61. The van der Waals surface area contributed by atoms with E-state index in [9.17, 15) is 18.2 Å². The lowest BCUT2D eigenvalue weighted by molar-refractivity contribution is -0.124. The SMILES string of the molecule is C[S@](=O)c1ccccc1C(=O)OCC(=O)NCCc1ccc(F)cc1. The maximum Gasteiger partial charge on any atom is 0.339 e. The summed E-state index contributed by atoms with van der Waals surface area (Å²) in [6.45, 7) is -0.0789. The van der Waals surface area contributed by atoms with Gasteiger partial charge in [0.15, 0.2) is 6.61 Å². The molecular weight excluding hydrogens is 345 g/mol. The highest BCUT2D eigenvalue weighted by molar-refractivity contribution is 7.84. The number of carbonyl (C=O) groups excluding carboxylic acids is 2. The zero-order valence-electron chi connectivity index (χ0n) is 13.7. The van der Waals surface area contributed by atoms with E-state index < -0.39 is 29.3 Å². The van der Waals surface area contributed by atoms with Crippen LogP contribution in [0.3, 0.4) is 0 Å². The molecule has 0 bridgehead atoms. The summed E-state index contributed by atoms with van der Waals surface area (Å²) in [5, 5.41) is 2.62. The molecule has 0 fully saturated rings. The number of carbonyl (C=O) groups is 2. The molecule has 0 aliphatic heterocycles. The molecular formula is C18H18FNO4S. The summed E-state index contributed by atoms with van der Waals surface area (Å²) in [4.78, 5) is 24.1. The molecule has 0 aromatic heterocycles. The molecule has 2 rings (SSSR count). The third-order valence-electron chi connectivity index (χ3n) is 3.40. The van der Waals surface area contributed by atoms with Gasteiger partial charge in [-0.25, -0.2) is 9.18 Å². The summed E-state index contributed by atoms with van der Waals surface area (Å²) in [5.41, 5.74) is 1.07. The summed E-state index contributed by atoms with van der Waals surface area (Å²) in [6, 6.07) is 12.4. The monoisotopic (exact) mass is 363 g/mol. The Morgan fingerprint density at radius 2 is 1.80 bits per heavy atom. The van der Waals surface area contributed by atoms with Gasteiger partial charge in [0, 0.05) is 12.8 Å². The molecule has 1 amide bonds. The number of hydrogen-bond acceptors (Lipinski definition) is 4. The fourth-order valence-corrected chi connectivity index (χ4v) is 2.87. The Bertz CT molecular complexity index is 777. The van der Waals surface area contributed by atoms with Crippen LogP contribution in [-0.2, 0) is 26.8 Å². The van der Waals surface area contributed by atoms with Crippen molar-refractivity contribution in [1.82, 2.24) is 5.32 Å². The zero-order valence-corrected chi connectivity index (χ0v) is 14.5. The smallest absolute Gasteiger partial charge is 0.339 e. The van der Waals surface area contributed by atoms with Crippen molar-refractivity contribution in [3.05, 3.63) is 65.5 Å². The van der Waals surface area contributed by atoms with Crippen molar-refractivity contribution in [2.75, 3.05) is 19.4 Å². The van der Waals surface area contributed by atoms with Gasteiger partial charge in [-0.05, 0) is 36.2 Å². The maximum atomic E-state index is 12.8. The van der Waals surface area contributed by atoms with Crippen molar-refractivity contribution in [2.45, 2.75) is 11.3 Å². The van der Waals surface area contributed by atoms with Crippen molar-refractivity contribution in [1.29, 1.82) is 0 Å². The molecule has 2 aromatic carbocycles. The molecule has 0 aliphatic rings. The summed E-state index contributed by atoms with van der Waals surface area (Å²) in [6.07, 6.45) is 2.01. The summed E-state index contributed by atoms with van der Waals surface area (Å²) < 4.78 is 29.4. The first-order valence-corrected chi connectivity index (χ1v) is 9.14. The van der Waals surface area contributed by atoms with Crippen LogP contribution in [0.25, 0.3) is 0 Å². The molecule has 25 heavy (non-hydrogen) atoms. The lowest BCUT2D eigenvalue weighted by atomic mass is 10.1. The van der Waals surface area contributed by atoms with Crippen LogP contribution in [0.1, 0.15) is 15.9 Å². The van der Waals surface area contributed by atoms with Gasteiger partial charge >= 0.3 is 5.97 Å². The predicted octanol–water partition coefficient (Wildman–Crippen LogP) is 2.08. The van der Waals surface area contributed by atoms with Crippen molar-refractivity contribution in [2.24, 2.45) is 0 Å². The Morgan fingerprint density at radius 1 is 1.12 bits per heavy atom. The highest BCUT2D eigenvalue weighted by atomic mass is 32.2. The third-order valence-corrected chi connectivity index (χ3v) is 4.38. The number of nitrogens with one attached hydrogen (secondary N) is 1. The van der Waals surface area contributed by atoms with E-state index in [-0.39, 0.29) is 11.4 Å². The lowest BCUT2D eigenvalue weighted by Crippen LogP contribution is -2.30. The van der Waals surface area contributed by atoms with E-state index in [0.29, 0.717) is 17.9 Å². The topological polar surface area (TPSA) is 72.5 Å². The fourth-order valence-electron chi connectivity index (χ4n) is 2.14. The van der Waals surface area contributed by atoms with Gasteiger partial charge in [-0.1, -0.05) is 24.3 Å². The highest BCUT2D eigenvalue weighted by Crippen LogP contribution is 2.13. The summed E-state index contributed by atoms with van der Waals surface area (Å²) >= 11 is 0. The molecule has 0 aliphatic carbocycles. The molecule has 132 valence electrons. The number of benzene rings is 2. The van der Waals surface area contributed by atoms with E-state index in [0.717, 1.165) is 5.56 Å². The summed E-state index contributed by atoms with van der Waals surface area (Å²) in [5.74, 6) is -1.45. The molecule has 1 atom stereocenters. The maximum absolute atomic E-state index is 12.8. The number of esters is 1. The highest BCUT2D eigenvalue weighted by Gasteiger charge is 2.15. The van der Waals surface area contributed by atoms with Crippen LogP contribution in [0.5, 0.6) is 0 Å². The van der Waals surface area contributed by atoms with Crippen LogP contribution in [0, 0.1) is 5.82 Å². The largest absolute Gasteiger partial charge is 0.452 e. The first-order valence-electron chi connectivity index (χ1n) is 7.58. The predicted molar refractivity (Wildman–Crippen MR) is 92.2 cm³/mol. The van der Waals surface area contributed by atoms with Gasteiger partial charge in [0.2, 0.25) is 0 Å². The molecule has 2 aromatic rings. The van der Waals surface area contributed by atoms with Crippen molar-refractivity contribution >= 4 is 22.7 Å². The van der Waals surface area contributed by atoms with Gasteiger partial charge < -0.3 is 10.1 Å². The lowest BCUT2D eigenvalue weighted by Gasteiger charge is -2.08. The van der Waals surface area contributed by atoms with E-state index in [1.165, 1.54) is 24.5 Å². The Kier molecular flexibility index (Phi) is 6.82. The van der Waals surface area contributed by atoms with E-state index in [2.05, 4.69) is 5.32 Å². The average molecular weight is 363 g/mol. The van der Waals surface area contributed by atoms with Gasteiger partial charge in [-0.15, -0.1) is 0 Å². The second-order valence-electron chi connectivity index (χ2n) is 5.25. The van der Waals surface area contributed by atoms with E-state index in [1.54, 1.807) is 30.3 Å². The van der Waals surface area contributed by atoms with Crippen LogP contribution >= 0.6 is 0 Å². The molecule has 1 N–H and O–H groups in total. The fraction of sp³-hybridized carbons (Fsp3) is 0.222. The van der Waals surface area contributed by atoms with Gasteiger partial charge in [0.1, 0.15) is 5.82 Å². The van der Waals surface area contributed by atoms with Crippen LogP contribution in [-0.4, -0.2) is 35.5 Å². The van der Waals surface area contributed by atoms with Crippen LogP contribution in [0.2, 0.25) is 0 Å². The second-order valence-corrected chi connectivity index (χ2v) is 6.60. The molecule has 0 radical (unpaired) electrons. The molecule has 0 unspecified atom stereocenters. The quantitative estimate of drug-likeness (QED) is 0.765. The molecule has 0 saturated heterocycles. The molecule has 0 heterocycles. The zero-order chi connectivity index (χ0) is 18.2. The van der Waals surface area contributed by atoms with Crippen molar-refractivity contribution in [3.63, 3.8) is 0 Å². The standard InChI is InChI=1S/C18H18FNO4S/c1-25(23)16-5-3-2-4-15(16)18(22)24-12-17(21)20-11-10-13-6-8-14(19)9-7-13/h2-9H,10-12H2,1H3,(H,20,21)/t25-/m0/s1. The van der Waals surface area contributed by atoms with Crippen LogP contribution in [0.15, 0.2) is 53.4 Å². The number of rotatable bonds is 7. The first-order chi connectivity index (χ1) is 12.0. The number of halogens is 1. The Balaban J connectivity index is 1.79. The Morgan fingerprint density at radius 3 is 2.48 bits per heavy atom. The second kappa shape index (κ2) is 9.08. The van der Waals surface area contributed by atoms with Gasteiger partial charge in [-0.3, -0.25) is 9.00 Å². The van der Waals surface area contributed by atoms with E-state index in [4.69, 9.17) is 4.74 Å². The minimum atomic E-state index is -1.33. The van der Waals surface area contributed by atoms with Crippen molar-refractivity contribution < 1.29 is 22.9 Å². The van der Waals surface area contributed by atoms with Gasteiger partial charge in [0.05, 0.1) is 21.3 Å². The first kappa shape index (κ1) is 18.8. The normalized spacial score (nSPS) is 11.6. The molecule has 0 spiro atoms. The number of ether oxygens (including phenoxy) is 1. The van der Waals surface area contributed by atoms with E-state index in [1.807, 2.05) is 0 Å². The van der Waals surface area contributed by atoms with Gasteiger partial charge in [-0.2, -0.15) is 0 Å². The minimum absolute atomic E-state index is 0.183. The Hall–Kier alpha value is -2.54. The summed E-state index contributed by atoms with van der Waals surface area (Å²) in [7, 11) is -1.33. The minimum Gasteiger partial charge on any atom is -0.452 e. The molecule has 7 heteroatoms. The number of hydrogen-bond donors (Lipinski definition) is 1. The van der Waals surface area contributed by atoms with E-state index >= 15 is 0 Å². The molecule has 0 saturated carbocycles. The number of amides is 1.